The second-order valence-electron chi connectivity index (χ2n) is 6.89. The summed E-state index contributed by atoms with van der Waals surface area (Å²) in [4.78, 5) is 20.8. The van der Waals surface area contributed by atoms with E-state index in [2.05, 4.69) is 27.5 Å². The van der Waals surface area contributed by atoms with Gasteiger partial charge in [-0.1, -0.05) is 48.1 Å². The molecule has 0 aliphatic rings. The minimum Gasteiger partial charge on any atom is -0.370 e. The third-order valence-electron chi connectivity index (χ3n) is 4.16. The molecular weight excluding hydrogens is 394 g/mol. The lowest BCUT2D eigenvalue weighted by Crippen LogP contribution is -2.14. The largest absolute Gasteiger partial charge is 0.370 e. The van der Waals surface area contributed by atoms with Crippen molar-refractivity contribution in [3.05, 3.63) is 53.4 Å². The van der Waals surface area contributed by atoms with Gasteiger partial charge in [-0.2, -0.15) is 0 Å². The Bertz CT molecular complexity index is 883. The highest BCUT2D eigenvalue weighted by Gasteiger charge is 2.23. The van der Waals surface area contributed by atoms with Crippen molar-refractivity contribution >= 4 is 33.1 Å². The molecule has 8 heteroatoms. The quantitative estimate of drug-likeness (QED) is 0.517. The number of carbonyl (C=O) groups excluding carboxylic acids is 1. The van der Waals surface area contributed by atoms with Crippen molar-refractivity contribution in [3.63, 3.8) is 0 Å². The molecule has 0 saturated carbocycles. The van der Waals surface area contributed by atoms with E-state index >= 15 is 0 Å². The van der Waals surface area contributed by atoms with Crippen LogP contribution in [0.5, 0.6) is 0 Å². The second-order valence-corrected chi connectivity index (χ2v) is 7.92. The van der Waals surface area contributed by atoms with Crippen molar-refractivity contribution in [3.8, 4) is 0 Å². The minimum absolute atomic E-state index is 0.0727. The van der Waals surface area contributed by atoms with Crippen LogP contribution in [-0.2, 0) is 17.1 Å². The van der Waals surface area contributed by atoms with Gasteiger partial charge in [-0.05, 0) is 25.8 Å². The smallest absolute Gasteiger partial charge is 0.270 e. The van der Waals surface area contributed by atoms with Gasteiger partial charge < -0.3 is 10.6 Å². The fourth-order valence-corrected chi connectivity index (χ4v) is 2.98. The number of carbonyl (C=O) groups is 1. The van der Waals surface area contributed by atoms with Crippen molar-refractivity contribution in [2.45, 2.75) is 46.5 Å². The number of halogens is 2. The topological polar surface area (TPSA) is 66.4 Å². The van der Waals surface area contributed by atoms with Crippen LogP contribution >= 0.6 is 11.3 Å². The number of aromatic nitrogens is 1. The number of thiazole rings is 1. The second kappa shape index (κ2) is 10.2. The molecule has 0 saturated heterocycles. The first-order chi connectivity index (χ1) is 13.7. The molecule has 0 fully saturated rings. The fraction of sp³-hybridized carbons (Fsp3) is 0.381. The monoisotopic (exact) mass is 420 g/mol. The summed E-state index contributed by atoms with van der Waals surface area (Å²) in [6.45, 7) is 7.49. The van der Waals surface area contributed by atoms with Crippen molar-refractivity contribution < 1.29 is 13.6 Å². The number of hydrogen-bond acceptors (Lipinski definition) is 5. The number of alkyl halides is 2. The molecule has 1 aromatic heterocycles. The summed E-state index contributed by atoms with van der Waals surface area (Å²) in [6.07, 6.45) is 4.58. The summed E-state index contributed by atoms with van der Waals surface area (Å²) in [5, 5.41) is 7.25. The van der Waals surface area contributed by atoms with Crippen LogP contribution < -0.4 is 10.6 Å². The van der Waals surface area contributed by atoms with E-state index in [4.69, 9.17) is 0 Å². The molecule has 0 spiro atoms. The van der Waals surface area contributed by atoms with Gasteiger partial charge in [0.25, 0.3) is 5.92 Å². The molecular formula is C21H26F2N4OS. The first kappa shape index (κ1) is 22.7. The average Bonchev–Trinajstić information content (AvgIpc) is 3.11. The summed E-state index contributed by atoms with van der Waals surface area (Å²) in [7, 11) is 0. The van der Waals surface area contributed by atoms with Gasteiger partial charge in [0.05, 0.1) is 19.2 Å². The number of aliphatic imine (C=N–C) groups is 1. The molecule has 0 radical (unpaired) electrons. The number of anilines is 2. The first-order valence-electron chi connectivity index (χ1n) is 9.33. The van der Waals surface area contributed by atoms with Gasteiger partial charge in [-0.3, -0.25) is 9.79 Å². The first-order valence-corrected chi connectivity index (χ1v) is 10.1. The summed E-state index contributed by atoms with van der Waals surface area (Å²) < 4.78 is 26.5. The van der Waals surface area contributed by atoms with Crippen LogP contribution in [0.3, 0.4) is 0 Å². The Morgan fingerprint density at radius 1 is 1.28 bits per heavy atom. The van der Waals surface area contributed by atoms with Crippen LogP contribution in [0.4, 0.5) is 18.9 Å². The molecule has 0 atom stereocenters. The highest BCUT2D eigenvalue weighted by atomic mass is 32.1. The van der Waals surface area contributed by atoms with Gasteiger partial charge in [-0.15, -0.1) is 0 Å². The SMILES string of the molecule is CC/C(C)=C/N=C(C)CNc1cnc(NC(=O)Cc2ccc(C(C)(F)F)cc2)s1. The van der Waals surface area contributed by atoms with Crippen LogP contribution in [0.2, 0.25) is 0 Å². The maximum atomic E-state index is 13.2. The highest BCUT2D eigenvalue weighted by molar-refractivity contribution is 7.19. The number of nitrogens with one attached hydrogen (secondary N) is 2. The van der Waals surface area contributed by atoms with E-state index in [9.17, 15) is 13.6 Å². The number of nitrogens with zero attached hydrogens (tertiary/aromatic N) is 2. The summed E-state index contributed by atoms with van der Waals surface area (Å²) in [5.74, 6) is -3.14. The van der Waals surface area contributed by atoms with Gasteiger partial charge >= 0.3 is 0 Å². The molecule has 2 N–H and O–H groups in total. The van der Waals surface area contributed by atoms with Crippen LogP contribution in [0.1, 0.15) is 45.2 Å². The highest BCUT2D eigenvalue weighted by Crippen LogP contribution is 2.27. The van der Waals surface area contributed by atoms with Crippen molar-refractivity contribution in [2.75, 3.05) is 17.2 Å². The normalized spacial score (nSPS) is 12.8. The molecule has 5 nitrogen and oxygen atoms in total. The lowest BCUT2D eigenvalue weighted by atomic mass is 10.1. The fourth-order valence-electron chi connectivity index (χ4n) is 2.25. The molecule has 0 bridgehead atoms. The van der Waals surface area contributed by atoms with Gasteiger partial charge in [-0.25, -0.2) is 13.8 Å². The molecule has 156 valence electrons. The predicted molar refractivity (Wildman–Crippen MR) is 116 cm³/mol. The Morgan fingerprint density at radius 3 is 2.59 bits per heavy atom. The zero-order valence-electron chi connectivity index (χ0n) is 17.1. The van der Waals surface area contributed by atoms with Crippen molar-refractivity contribution in [2.24, 2.45) is 4.99 Å². The molecule has 0 aliphatic heterocycles. The lowest BCUT2D eigenvalue weighted by molar-refractivity contribution is -0.115. The van der Waals surface area contributed by atoms with Crippen molar-refractivity contribution in [1.82, 2.24) is 4.98 Å². The van der Waals surface area contributed by atoms with E-state index in [0.29, 0.717) is 17.2 Å². The van der Waals surface area contributed by atoms with Gasteiger partial charge in [0.2, 0.25) is 5.91 Å². The Balaban J connectivity index is 1.85. The van der Waals surface area contributed by atoms with E-state index in [-0.39, 0.29) is 17.9 Å². The standard InChI is InChI=1S/C21H26F2N4OS/c1-5-14(2)11-24-15(3)12-25-19-13-26-20(29-19)27-18(28)10-16-6-8-17(9-7-16)21(4,22)23/h6-9,11,13,25H,5,10,12H2,1-4H3,(H,26,27,28)/b14-11+,24-15?. The molecule has 1 heterocycles. The van der Waals surface area contributed by atoms with E-state index in [1.54, 1.807) is 6.20 Å². The van der Waals surface area contributed by atoms with E-state index in [0.717, 1.165) is 24.1 Å². The molecule has 0 aliphatic carbocycles. The zero-order chi connectivity index (χ0) is 21.4. The number of hydrogen-bond donors (Lipinski definition) is 2. The van der Waals surface area contributed by atoms with Crippen LogP contribution in [-0.4, -0.2) is 23.1 Å². The summed E-state index contributed by atoms with van der Waals surface area (Å²) in [5.41, 5.74) is 2.74. The molecule has 2 rings (SSSR count). The zero-order valence-corrected chi connectivity index (χ0v) is 17.9. The molecule has 1 amide bonds. The maximum Gasteiger partial charge on any atom is 0.270 e. The number of rotatable bonds is 9. The lowest BCUT2D eigenvalue weighted by Gasteiger charge is -2.10. The Labute approximate surface area is 174 Å². The Kier molecular flexibility index (Phi) is 8.01. The molecule has 2 aromatic rings. The average molecular weight is 421 g/mol. The van der Waals surface area contributed by atoms with Gasteiger partial charge in [0, 0.05) is 24.4 Å². The van der Waals surface area contributed by atoms with Crippen molar-refractivity contribution in [1.29, 1.82) is 0 Å². The summed E-state index contributed by atoms with van der Waals surface area (Å²) >= 11 is 1.32. The minimum atomic E-state index is -2.89. The van der Waals surface area contributed by atoms with Gasteiger partial charge in [0.1, 0.15) is 5.00 Å². The molecule has 29 heavy (non-hydrogen) atoms. The predicted octanol–water partition coefficient (Wildman–Crippen LogP) is 5.62. The Hall–Kier alpha value is -2.61. The van der Waals surface area contributed by atoms with Gasteiger partial charge in [0.15, 0.2) is 5.13 Å². The van der Waals surface area contributed by atoms with Crippen LogP contribution in [0.15, 0.2) is 47.2 Å². The van der Waals surface area contributed by atoms with E-state index < -0.39 is 5.92 Å². The van der Waals surface area contributed by atoms with E-state index in [1.807, 2.05) is 20.0 Å². The van der Waals surface area contributed by atoms with Crippen LogP contribution in [0, 0.1) is 0 Å². The molecule has 0 unspecified atom stereocenters. The summed E-state index contributed by atoms with van der Waals surface area (Å²) in [6, 6.07) is 5.76. The number of allylic oxidation sites excluding steroid dienone is 1. The number of benzene rings is 1. The number of amides is 1. The molecule has 1 aromatic carbocycles. The third kappa shape index (κ3) is 7.73. The third-order valence-corrected chi connectivity index (χ3v) is 5.03. The maximum absolute atomic E-state index is 13.2. The van der Waals surface area contributed by atoms with Crippen LogP contribution in [0.25, 0.3) is 0 Å². The Morgan fingerprint density at radius 2 is 1.97 bits per heavy atom. The van der Waals surface area contributed by atoms with E-state index in [1.165, 1.54) is 41.2 Å².